The highest BCUT2D eigenvalue weighted by Crippen LogP contribution is 2.37. The van der Waals surface area contributed by atoms with Gasteiger partial charge in [0.25, 0.3) is 0 Å². The summed E-state index contributed by atoms with van der Waals surface area (Å²) in [5, 5.41) is 4.03. The number of nitrogens with zero attached hydrogens (tertiary/aromatic N) is 1. The maximum absolute atomic E-state index is 4.03. The van der Waals surface area contributed by atoms with E-state index in [0.717, 1.165) is 35.8 Å². The molecule has 0 spiro atoms. The van der Waals surface area contributed by atoms with E-state index in [-0.39, 0.29) is 0 Å². The Morgan fingerprint density at radius 1 is 1.00 bits per heavy atom. The third-order valence-electron chi connectivity index (χ3n) is 6.49. The third-order valence-corrected chi connectivity index (χ3v) is 6.49. The molecule has 0 radical (unpaired) electrons. The summed E-state index contributed by atoms with van der Waals surface area (Å²) in [6, 6.07) is 1.56. The zero-order valence-corrected chi connectivity index (χ0v) is 13.8. The van der Waals surface area contributed by atoms with E-state index in [2.05, 4.69) is 31.0 Å². The molecule has 4 unspecified atom stereocenters. The average Bonchev–Trinajstić information content (AvgIpc) is 2.80. The smallest absolute Gasteiger partial charge is 0.0148 e. The number of hydrogen-bond acceptors (Lipinski definition) is 2. The highest BCUT2D eigenvalue weighted by molar-refractivity contribution is 4.96. The lowest BCUT2D eigenvalue weighted by Crippen LogP contribution is -2.58. The summed E-state index contributed by atoms with van der Waals surface area (Å²) in [5.74, 6) is 3.75. The fourth-order valence-electron chi connectivity index (χ4n) is 5.04. The van der Waals surface area contributed by atoms with Gasteiger partial charge in [0.05, 0.1) is 0 Å². The van der Waals surface area contributed by atoms with Gasteiger partial charge in [-0.05, 0) is 63.3 Å². The summed E-state index contributed by atoms with van der Waals surface area (Å²) in [6.45, 7) is 11.2. The molecule has 0 amide bonds. The van der Waals surface area contributed by atoms with Crippen LogP contribution in [0.2, 0.25) is 0 Å². The minimum Gasteiger partial charge on any atom is -0.313 e. The number of rotatable bonds is 4. The van der Waals surface area contributed by atoms with Gasteiger partial charge in [-0.1, -0.05) is 26.2 Å². The van der Waals surface area contributed by atoms with Gasteiger partial charge in [-0.15, -0.1) is 0 Å². The first kappa shape index (κ1) is 14.8. The van der Waals surface area contributed by atoms with Crippen LogP contribution < -0.4 is 5.32 Å². The molecule has 3 fully saturated rings. The second-order valence-corrected chi connectivity index (χ2v) is 8.10. The monoisotopic (exact) mass is 278 g/mol. The van der Waals surface area contributed by atoms with Gasteiger partial charge >= 0.3 is 0 Å². The van der Waals surface area contributed by atoms with Crippen molar-refractivity contribution >= 4 is 0 Å². The van der Waals surface area contributed by atoms with Crippen LogP contribution in [0.25, 0.3) is 0 Å². The van der Waals surface area contributed by atoms with Crippen LogP contribution in [0, 0.1) is 23.7 Å². The largest absolute Gasteiger partial charge is 0.313 e. The predicted molar refractivity (Wildman–Crippen MR) is 85.8 cm³/mol. The maximum atomic E-state index is 4.03. The Kier molecular flexibility index (Phi) is 4.72. The molecule has 0 aromatic heterocycles. The number of piperidine rings is 1. The van der Waals surface area contributed by atoms with Crippen LogP contribution in [0.5, 0.6) is 0 Å². The van der Waals surface area contributed by atoms with Crippen LogP contribution in [-0.2, 0) is 0 Å². The highest BCUT2D eigenvalue weighted by Gasteiger charge is 2.40. The topological polar surface area (TPSA) is 15.3 Å². The lowest BCUT2D eigenvalue weighted by molar-refractivity contribution is 0.0276. The Labute approximate surface area is 125 Å². The first-order valence-electron chi connectivity index (χ1n) is 9.12. The predicted octanol–water partition coefficient (Wildman–Crippen LogP) is 3.52. The van der Waals surface area contributed by atoms with Crippen molar-refractivity contribution in [3.63, 3.8) is 0 Å². The van der Waals surface area contributed by atoms with Crippen LogP contribution in [0.15, 0.2) is 0 Å². The molecule has 2 heteroatoms. The molecule has 0 aromatic carbocycles. The maximum Gasteiger partial charge on any atom is 0.0148 e. The van der Waals surface area contributed by atoms with Crippen molar-refractivity contribution in [2.24, 2.45) is 23.7 Å². The van der Waals surface area contributed by atoms with E-state index in [1.54, 1.807) is 0 Å². The van der Waals surface area contributed by atoms with Crippen molar-refractivity contribution in [1.82, 2.24) is 10.2 Å². The third kappa shape index (κ3) is 3.06. The van der Waals surface area contributed by atoms with E-state index in [1.807, 2.05) is 0 Å². The molecule has 1 aliphatic heterocycles. The first-order valence-corrected chi connectivity index (χ1v) is 9.12. The molecule has 20 heavy (non-hydrogen) atoms. The zero-order valence-electron chi connectivity index (χ0n) is 13.8. The minimum absolute atomic E-state index is 0.730. The summed E-state index contributed by atoms with van der Waals surface area (Å²) in [5.41, 5.74) is 0. The Bertz CT molecular complexity index is 301. The Hall–Kier alpha value is -0.0800. The van der Waals surface area contributed by atoms with E-state index in [0.29, 0.717) is 0 Å². The average molecular weight is 278 g/mol. The Morgan fingerprint density at radius 3 is 2.20 bits per heavy atom. The molecular formula is C18H34N2. The Morgan fingerprint density at radius 2 is 1.65 bits per heavy atom. The minimum atomic E-state index is 0.730. The molecule has 3 rings (SSSR count). The fraction of sp³-hybridized carbons (Fsp3) is 1.00. The van der Waals surface area contributed by atoms with E-state index in [1.165, 1.54) is 58.2 Å². The van der Waals surface area contributed by atoms with Crippen LogP contribution in [0.1, 0.15) is 59.3 Å². The van der Waals surface area contributed by atoms with Crippen molar-refractivity contribution in [1.29, 1.82) is 0 Å². The summed E-state index contributed by atoms with van der Waals surface area (Å²) in [6.07, 6.45) is 8.78. The summed E-state index contributed by atoms with van der Waals surface area (Å²) in [7, 11) is 0. The fourth-order valence-corrected chi connectivity index (χ4v) is 5.04. The van der Waals surface area contributed by atoms with Crippen LogP contribution >= 0.6 is 0 Å². The molecule has 116 valence electrons. The van der Waals surface area contributed by atoms with Crippen LogP contribution in [-0.4, -0.2) is 36.6 Å². The summed E-state index contributed by atoms with van der Waals surface area (Å²) in [4.78, 5) is 2.73. The number of nitrogens with one attached hydrogen (secondary N) is 1. The number of fused-ring (bicyclic) bond motifs is 2. The summed E-state index contributed by atoms with van der Waals surface area (Å²) < 4.78 is 0. The summed E-state index contributed by atoms with van der Waals surface area (Å²) >= 11 is 0. The van der Waals surface area contributed by atoms with Gasteiger partial charge in [0, 0.05) is 25.2 Å². The molecule has 2 aliphatic carbocycles. The highest BCUT2D eigenvalue weighted by atomic mass is 15.2. The lowest BCUT2D eigenvalue weighted by atomic mass is 9.73. The van der Waals surface area contributed by atoms with Crippen LogP contribution in [0.3, 0.4) is 0 Å². The van der Waals surface area contributed by atoms with Crippen molar-refractivity contribution in [3.05, 3.63) is 0 Å². The van der Waals surface area contributed by atoms with Gasteiger partial charge in [-0.2, -0.15) is 0 Å². The Balaban J connectivity index is 1.56. The van der Waals surface area contributed by atoms with Gasteiger partial charge < -0.3 is 10.2 Å². The SMILES string of the molecule is CC1CCCC1CNC1C2CCCC1CN(C(C)C)C2. The van der Waals surface area contributed by atoms with E-state index in [4.69, 9.17) is 0 Å². The molecule has 1 heterocycles. The molecule has 4 atom stereocenters. The van der Waals surface area contributed by atoms with E-state index < -0.39 is 0 Å². The standard InChI is InChI=1S/C18H34N2/c1-13(2)20-11-16-8-5-9-17(12-20)18(16)19-10-15-7-4-6-14(15)3/h13-19H,4-12H2,1-3H3. The molecule has 0 aromatic rings. The molecule has 1 N–H and O–H groups in total. The number of likely N-dealkylation sites (tertiary alicyclic amines) is 1. The normalized spacial score (nSPS) is 42.3. The first-order chi connectivity index (χ1) is 9.65. The van der Waals surface area contributed by atoms with Crippen molar-refractivity contribution in [2.45, 2.75) is 71.4 Å². The van der Waals surface area contributed by atoms with Gasteiger partial charge in [-0.3, -0.25) is 0 Å². The molecule has 2 nitrogen and oxygen atoms in total. The van der Waals surface area contributed by atoms with Gasteiger partial charge in [0.1, 0.15) is 0 Å². The van der Waals surface area contributed by atoms with Crippen molar-refractivity contribution in [3.8, 4) is 0 Å². The molecule has 1 saturated heterocycles. The van der Waals surface area contributed by atoms with Crippen molar-refractivity contribution in [2.75, 3.05) is 19.6 Å². The van der Waals surface area contributed by atoms with E-state index >= 15 is 0 Å². The van der Waals surface area contributed by atoms with E-state index in [9.17, 15) is 0 Å². The molecule has 2 saturated carbocycles. The molecule has 2 bridgehead atoms. The second kappa shape index (κ2) is 6.36. The molecular weight excluding hydrogens is 244 g/mol. The van der Waals surface area contributed by atoms with Gasteiger partial charge in [0.15, 0.2) is 0 Å². The lowest BCUT2D eigenvalue weighted by Gasteiger charge is -2.49. The van der Waals surface area contributed by atoms with Crippen molar-refractivity contribution < 1.29 is 0 Å². The van der Waals surface area contributed by atoms with Crippen LogP contribution in [0.4, 0.5) is 0 Å². The second-order valence-electron chi connectivity index (χ2n) is 8.10. The zero-order chi connectivity index (χ0) is 14.1. The van der Waals surface area contributed by atoms with Gasteiger partial charge in [0.2, 0.25) is 0 Å². The van der Waals surface area contributed by atoms with Gasteiger partial charge in [-0.25, -0.2) is 0 Å². The molecule has 3 aliphatic rings. The number of hydrogen-bond donors (Lipinski definition) is 1. The quantitative estimate of drug-likeness (QED) is 0.846.